The lowest BCUT2D eigenvalue weighted by Gasteiger charge is -2.17. The van der Waals surface area contributed by atoms with Gasteiger partial charge in [-0.25, -0.2) is 4.57 Å². The van der Waals surface area contributed by atoms with E-state index in [-0.39, 0.29) is 0 Å². The molecule has 10 nitrogen and oxygen atoms in total. The quantitative estimate of drug-likeness (QED) is 0.283. The predicted molar refractivity (Wildman–Crippen MR) is 64.9 cm³/mol. The summed E-state index contributed by atoms with van der Waals surface area (Å²) in [6.45, 7) is -0.473. The van der Waals surface area contributed by atoms with E-state index in [2.05, 4.69) is 19.1 Å². The van der Waals surface area contributed by atoms with Crippen molar-refractivity contribution in [3.8, 4) is 0 Å². The fraction of sp³-hybridized carbons (Fsp3) is 0.778. The standard InChI is InChI=1S/C9H18NO9P/c1-6(11)17-3-7(12)4-18-20(15,16)19-5-8(10-2)9(13)14/h7-8,10,12H,3-5H2,1-2H3,(H,13,14)(H,15,16)/t7-,8+/m1/s1. The van der Waals surface area contributed by atoms with Gasteiger partial charge in [-0.15, -0.1) is 0 Å². The first-order valence-electron chi connectivity index (χ1n) is 5.51. The van der Waals surface area contributed by atoms with E-state index in [1.807, 2.05) is 0 Å². The van der Waals surface area contributed by atoms with Crippen molar-refractivity contribution in [1.82, 2.24) is 5.32 Å². The molecule has 0 radical (unpaired) electrons. The third-order valence-corrected chi connectivity index (χ3v) is 2.91. The number of phosphoric ester groups is 1. The number of esters is 1. The van der Waals surface area contributed by atoms with Crippen molar-refractivity contribution in [2.45, 2.75) is 19.1 Å². The van der Waals surface area contributed by atoms with Gasteiger partial charge < -0.3 is 25.2 Å². The number of nitrogens with one attached hydrogen (secondary N) is 1. The zero-order chi connectivity index (χ0) is 15.8. The molecule has 4 N–H and O–H groups in total. The Kier molecular flexibility index (Phi) is 8.54. The van der Waals surface area contributed by atoms with Crippen LogP contribution in [0.4, 0.5) is 0 Å². The highest BCUT2D eigenvalue weighted by molar-refractivity contribution is 7.47. The lowest BCUT2D eigenvalue weighted by Crippen LogP contribution is -2.37. The fourth-order valence-electron chi connectivity index (χ4n) is 0.926. The van der Waals surface area contributed by atoms with Crippen LogP contribution in [-0.2, 0) is 27.9 Å². The molecular weight excluding hydrogens is 297 g/mol. The number of carboxylic acid groups (broad SMARTS) is 1. The van der Waals surface area contributed by atoms with Crippen LogP contribution in [-0.4, -0.2) is 66.1 Å². The molecule has 0 spiro atoms. The second-order valence-corrected chi connectivity index (χ2v) is 5.15. The maximum atomic E-state index is 11.4. The highest BCUT2D eigenvalue weighted by Crippen LogP contribution is 2.43. The van der Waals surface area contributed by atoms with Gasteiger partial charge in [0.1, 0.15) is 18.8 Å². The van der Waals surface area contributed by atoms with Gasteiger partial charge in [-0.05, 0) is 7.05 Å². The summed E-state index contributed by atoms with van der Waals surface area (Å²) >= 11 is 0. The van der Waals surface area contributed by atoms with Gasteiger partial charge in [0.05, 0.1) is 13.2 Å². The summed E-state index contributed by atoms with van der Waals surface area (Å²) in [5.41, 5.74) is 0. The van der Waals surface area contributed by atoms with Gasteiger partial charge in [0.25, 0.3) is 0 Å². The number of aliphatic hydroxyl groups excluding tert-OH is 1. The second kappa shape index (κ2) is 9.01. The number of carboxylic acids is 1. The van der Waals surface area contributed by atoms with Gasteiger partial charge >= 0.3 is 19.8 Å². The normalized spacial score (nSPS) is 17.0. The number of likely N-dealkylation sites (N-methyl/N-ethyl adjacent to an activating group) is 1. The Hall–Kier alpha value is -1.03. The zero-order valence-corrected chi connectivity index (χ0v) is 11.9. The minimum Gasteiger partial charge on any atom is -0.480 e. The molecule has 20 heavy (non-hydrogen) atoms. The summed E-state index contributed by atoms with van der Waals surface area (Å²) in [6, 6.07) is -1.18. The molecule has 0 bridgehead atoms. The molecule has 0 aromatic carbocycles. The van der Waals surface area contributed by atoms with Crippen LogP contribution in [0.5, 0.6) is 0 Å². The van der Waals surface area contributed by atoms with E-state index in [9.17, 15) is 24.2 Å². The molecule has 1 unspecified atom stereocenters. The van der Waals surface area contributed by atoms with E-state index in [1.54, 1.807) is 0 Å². The van der Waals surface area contributed by atoms with Gasteiger partial charge in [0, 0.05) is 6.92 Å². The van der Waals surface area contributed by atoms with Gasteiger partial charge in [-0.1, -0.05) is 0 Å². The molecule has 0 saturated carbocycles. The van der Waals surface area contributed by atoms with Crippen molar-refractivity contribution >= 4 is 19.8 Å². The number of carbonyl (C=O) groups is 2. The van der Waals surface area contributed by atoms with Crippen molar-refractivity contribution in [1.29, 1.82) is 0 Å². The maximum absolute atomic E-state index is 11.4. The zero-order valence-electron chi connectivity index (χ0n) is 11.0. The summed E-state index contributed by atoms with van der Waals surface area (Å²) in [5.74, 6) is -1.88. The first-order valence-corrected chi connectivity index (χ1v) is 7.01. The minimum atomic E-state index is -4.50. The topological polar surface area (TPSA) is 152 Å². The average molecular weight is 315 g/mol. The van der Waals surface area contributed by atoms with Crippen LogP contribution in [0.15, 0.2) is 0 Å². The van der Waals surface area contributed by atoms with Gasteiger partial charge in [-0.3, -0.25) is 18.6 Å². The number of ether oxygens (including phenoxy) is 1. The molecule has 0 aliphatic heterocycles. The lowest BCUT2D eigenvalue weighted by molar-refractivity contribution is -0.144. The van der Waals surface area contributed by atoms with E-state index in [1.165, 1.54) is 7.05 Å². The summed E-state index contributed by atoms with van der Waals surface area (Å²) in [7, 11) is -3.16. The Balaban J connectivity index is 4.09. The Bertz CT molecular complexity index is 374. The van der Waals surface area contributed by atoms with Crippen molar-refractivity contribution in [2.24, 2.45) is 0 Å². The first kappa shape index (κ1) is 19.0. The molecular formula is C9H18NO9P. The molecule has 0 aliphatic carbocycles. The third kappa shape index (κ3) is 8.97. The molecule has 0 rings (SSSR count). The van der Waals surface area contributed by atoms with E-state index < -0.39 is 51.7 Å². The molecule has 118 valence electrons. The molecule has 0 aliphatic rings. The van der Waals surface area contributed by atoms with Crippen LogP contribution < -0.4 is 5.32 Å². The number of phosphoric acid groups is 1. The molecule has 3 atom stereocenters. The Labute approximate surface area is 115 Å². The van der Waals surface area contributed by atoms with E-state index >= 15 is 0 Å². The Morgan fingerprint density at radius 2 is 1.80 bits per heavy atom. The van der Waals surface area contributed by atoms with E-state index in [0.29, 0.717) is 0 Å². The number of aliphatic carboxylic acids is 1. The molecule has 0 aromatic heterocycles. The summed E-state index contributed by atoms with van der Waals surface area (Å²) in [4.78, 5) is 30.3. The van der Waals surface area contributed by atoms with Crippen LogP contribution in [0.3, 0.4) is 0 Å². The lowest BCUT2D eigenvalue weighted by atomic mass is 10.3. The van der Waals surface area contributed by atoms with Crippen LogP contribution >= 0.6 is 7.82 Å². The number of carbonyl (C=O) groups excluding carboxylic acids is 1. The number of aliphatic hydroxyl groups is 1. The third-order valence-electron chi connectivity index (χ3n) is 1.96. The van der Waals surface area contributed by atoms with Crippen molar-refractivity contribution in [3.05, 3.63) is 0 Å². The van der Waals surface area contributed by atoms with Gasteiger partial charge in [0.2, 0.25) is 0 Å². The van der Waals surface area contributed by atoms with Crippen molar-refractivity contribution < 1.29 is 43.0 Å². The second-order valence-electron chi connectivity index (χ2n) is 3.70. The summed E-state index contributed by atoms with van der Waals surface area (Å²) in [6.07, 6.45) is -1.30. The monoisotopic (exact) mass is 315 g/mol. The average Bonchev–Trinajstić information content (AvgIpc) is 2.34. The predicted octanol–water partition coefficient (Wildman–Crippen LogP) is -1.28. The maximum Gasteiger partial charge on any atom is 0.472 e. The van der Waals surface area contributed by atoms with Gasteiger partial charge in [0.15, 0.2) is 0 Å². The molecule has 0 amide bonds. The number of hydrogen-bond acceptors (Lipinski definition) is 8. The number of rotatable bonds is 10. The molecule has 11 heteroatoms. The van der Waals surface area contributed by atoms with Gasteiger partial charge in [-0.2, -0.15) is 0 Å². The fourth-order valence-corrected chi connectivity index (χ4v) is 1.70. The largest absolute Gasteiger partial charge is 0.480 e. The SMILES string of the molecule is CN[C@@H](COP(=O)(O)OC[C@H](O)COC(C)=O)C(=O)O. The summed E-state index contributed by atoms with van der Waals surface area (Å²) in [5, 5.41) is 20.3. The van der Waals surface area contributed by atoms with Crippen molar-refractivity contribution in [3.63, 3.8) is 0 Å². The van der Waals surface area contributed by atoms with Crippen LogP contribution in [0.2, 0.25) is 0 Å². The smallest absolute Gasteiger partial charge is 0.472 e. The Morgan fingerprint density at radius 1 is 1.25 bits per heavy atom. The highest BCUT2D eigenvalue weighted by Gasteiger charge is 2.26. The number of hydrogen-bond donors (Lipinski definition) is 4. The molecule has 0 aromatic rings. The van der Waals surface area contributed by atoms with Crippen LogP contribution in [0.25, 0.3) is 0 Å². The van der Waals surface area contributed by atoms with Crippen LogP contribution in [0, 0.1) is 0 Å². The summed E-state index contributed by atoms with van der Waals surface area (Å²) < 4.78 is 24.7. The van der Waals surface area contributed by atoms with E-state index in [4.69, 9.17) is 5.11 Å². The van der Waals surface area contributed by atoms with Crippen LogP contribution in [0.1, 0.15) is 6.92 Å². The molecule has 0 saturated heterocycles. The first-order chi connectivity index (χ1) is 9.18. The molecule has 0 heterocycles. The van der Waals surface area contributed by atoms with Crippen molar-refractivity contribution in [2.75, 3.05) is 26.9 Å². The highest BCUT2D eigenvalue weighted by atomic mass is 31.2. The Morgan fingerprint density at radius 3 is 2.25 bits per heavy atom. The van der Waals surface area contributed by atoms with E-state index in [0.717, 1.165) is 6.92 Å². The molecule has 0 fully saturated rings. The minimum absolute atomic E-state index is 0.399.